The summed E-state index contributed by atoms with van der Waals surface area (Å²) >= 11 is 5.69. The lowest BCUT2D eigenvalue weighted by atomic mass is 10.2. The summed E-state index contributed by atoms with van der Waals surface area (Å²) in [6.07, 6.45) is 2.99. The Balaban J connectivity index is 3.11. The summed E-state index contributed by atoms with van der Waals surface area (Å²) in [5.41, 5.74) is 0.504. The standard InChI is InChI=1S/C10H18ClN3O2S/c1-4-9(5-2)14(3)17(15,16)10-8(6-11)7-12-13-10/h7,9H,4-6H2,1-3H3,(H,12,13). The van der Waals surface area contributed by atoms with Crippen LogP contribution in [0.1, 0.15) is 32.3 Å². The van der Waals surface area contributed by atoms with Gasteiger partial charge < -0.3 is 0 Å². The third-order valence-corrected chi connectivity index (χ3v) is 5.13. The fourth-order valence-corrected chi connectivity index (χ4v) is 3.65. The number of H-pyrrole nitrogens is 1. The van der Waals surface area contributed by atoms with Gasteiger partial charge in [-0.25, -0.2) is 8.42 Å². The Labute approximate surface area is 107 Å². The molecule has 1 rings (SSSR count). The lowest BCUT2D eigenvalue weighted by Gasteiger charge is -2.25. The molecule has 0 aliphatic heterocycles. The van der Waals surface area contributed by atoms with E-state index in [4.69, 9.17) is 11.6 Å². The number of hydrogen-bond acceptors (Lipinski definition) is 3. The van der Waals surface area contributed by atoms with Crippen LogP contribution in [0.25, 0.3) is 0 Å². The molecule has 1 heterocycles. The highest BCUT2D eigenvalue weighted by Crippen LogP contribution is 2.21. The molecule has 7 heteroatoms. The second kappa shape index (κ2) is 5.84. The fraction of sp³-hybridized carbons (Fsp3) is 0.700. The van der Waals surface area contributed by atoms with Crippen LogP contribution >= 0.6 is 11.6 Å². The monoisotopic (exact) mass is 279 g/mol. The Morgan fingerprint density at radius 2 is 2.06 bits per heavy atom. The average molecular weight is 280 g/mol. The van der Waals surface area contributed by atoms with Gasteiger partial charge in [0.1, 0.15) is 0 Å². The van der Waals surface area contributed by atoms with Crippen LogP contribution in [0.2, 0.25) is 0 Å². The van der Waals surface area contributed by atoms with E-state index >= 15 is 0 Å². The van der Waals surface area contributed by atoms with Gasteiger partial charge in [0.15, 0.2) is 5.03 Å². The molecule has 1 N–H and O–H groups in total. The normalized spacial score (nSPS) is 12.6. The summed E-state index contributed by atoms with van der Waals surface area (Å²) in [6.45, 7) is 3.94. The van der Waals surface area contributed by atoms with E-state index in [9.17, 15) is 8.42 Å². The van der Waals surface area contributed by atoms with E-state index in [1.807, 2.05) is 13.8 Å². The van der Waals surface area contributed by atoms with Crippen LogP contribution in [0.4, 0.5) is 0 Å². The molecule has 0 amide bonds. The van der Waals surface area contributed by atoms with E-state index < -0.39 is 10.0 Å². The van der Waals surface area contributed by atoms with Gasteiger partial charge in [-0.1, -0.05) is 13.8 Å². The van der Waals surface area contributed by atoms with Gasteiger partial charge in [-0.2, -0.15) is 9.40 Å². The van der Waals surface area contributed by atoms with Crippen molar-refractivity contribution in [3.63, 3.8) is 0 Å². The molecule has 0 saturated carbocycles. The third kappa shape index (κ3) is 2.81. The number of rotatable bonds is 6. The zero-order chi connectivity index (χ0) is 13.1. The first-order valence-electron chi connectivity index (χ1n) is 5.55. The molecule has 0 atom stereocenters. The molecule has 1 aromatic rings. The molecule has 0 radical (unpaired) electrons. The summed E-state index contributed by atoms with van der Waals surface area (Å²) in [5.74, 6) is 0.127. The van der Waals surface area contributed by atoms with E-state index in [2.05, 4.69) is 10.2 Å². The smallest absolute Gasteiger partial charge is 0.260 e. The molecule has 0 aliphatic carbocycles. The predicted molar refractivity (Wildman–Crippen MR) is 67.5 cm³/mol. The number of alkyl halides is 1. The zero-order valence-electron chi connectivity index (χ0n) is 10.3. The summed E-state index contributed by atoms with van der Waals surface area (Å²) in [6, 6.07) is -0.00789. The Hall–Kier alpha value is -0.590. The van der Waals surface area contributed by atoms with Crippen molar-refractivity contribution in [2.45, 2.75) is 43.6 Å². The first kappa shape index (κ1) is 14.5. The van der Waals surface area contributed by atoms with Crippen molar-refractivity contribution in [3.8, 4) is 0 Å². The number of sulfonamides is 1. The molecular weight excluding hydrogens is 262 g/mol. The van der Waals surface area contributed by atoms with Crippen LogP contribution in [0.5, 0.6) is 0 Å². The van der Waals surface area contributed by atoms with Crippen molar-refractivity contribution >= 4 is 21.6 Å². The van der Waals surface area contributed by atoms with Gasteiger partial charge in [0.05, 0.1) is 12.1 Å². The molecule has 98 valence electrons. The molecule has 0 aliphatic rings. The molecule has 5 nitrogen and oxygen atoms in total. The summed E-state index contributed by atoms with van der Waals surface area (Å²) in [7, 11) is -1.94. The number of nitrogens with one attached hydrogen (secondary N) is 1. The van der Waals surface area contributed by atoms with Gasteiger partial charge in [0.2, 0.25) is 0 Å². The Morgan fingerprint density at radius 3 is 2.53 bits per heavy atom. The zero-order valence-corrected chi connectivity index (χ0v) is 11.8. The SMILES string of the molecule is CCC(CC)N(C)S(=O)(=O)c1[nH]ncc1CCl. The summed E-state index contributed by atoms with van der Waals surface area (Å²) in [5, 5.41) is 6.35. The maximum atomic E-state index is 12.3. The van der Waals surface area contributed by atoms with Crippen molar-refractivity contribution in [1.82, 2.24) is 14.5 Å². The number of aromatic nitrogens is 2. The molecule has 0 bridgehead atoms. The van der Waals surface area contributed by atoms with Crippen LogP contribution in [-0.2, 0) is 15.9 Å². The van der Waals surface area contributed by atoms with Crippen molar-refractivity contribution in [3.05, 3.63) is 11.8 Å². The molecule has 0 fully saturated rings. The largest absolute Gasteiger partial charge is 0.266 e. The van der Waals surface area contributed by atoms with Crippen molar-refractivity contribution in [1.29, 1.82) is 0 Å². The van der Waals surface area contributed by atoms with Gasteiger partial charge in [0.25, 0.3) is 10.0 Å². The number of hydrogen-bond donors (Lipinski definition) is 1. The van der Waals surface area contributed by atoms with Gasteiger partial charge >= 0.3 is 0 Å². The topological polar surface area (TPSA) is 66.1 Å². The summed E-state index contributed by atoms with van der Waals surface area (Å²) < 4.78 is 26.0. The predicted octanol–water partition coefficient (Wildman–Crippen LogP) is 1.96. The molecule has 0 saturated heterocycles. The molecular formula is C10H18ClN3O2S. The minimum Gasteiger partial charge on any atom is -0.266 e. The van der Waals surface area contributed by atoms with Crippen LogP contribution in [0.15, 0.2) is 11.2 Å². The maximum Gasteiger partial charge on any atom is 0.260 e. The highest BCUT2D eigenvalue weighted by atomic mass is 35.5. The Morgan fingerprint density at radius 1 is 1.47 bits per heavy atom. The van der Waals surface area contributed by atoms with E-state index in [1.165, 1.54) is 10.5 Å². The maximum absolute atomic E-state index is 12.3. The van der Waals surface area contributed by atoms with Crippen molar-refractivity contribution < 1.29 is 8.42 Å². The molecule has 17 heavy (non-hydrogen) atoms. The average Bonchev–Trinajstić information content (AvgIpc) is 2.79. The van der Waals surface area contributed by atoms with E-state index in [1.54, 1.807) is 7.05 Å². The van der Waals surface area contributed by atoms with Crippen LogP contribution in [0, 0.1) is 0 Å². The Bertz CT molecular complexity index is 454. The van der Waals surface area contributed by atoms with Crippen molar-refractivity contribution in [2.24, 2.45) is 0 Å². The molecule has 0 spiro atoms. The number of aromatic amines is 1. The number of halogens is 1. The molecule has 0 unspecified atom stereocenters. The van der Waals surface area contributed by atoms with Gasteiger partial charge in [-0.3, -0.25) is 5.10 Å². The Kier molecular flexibility index (Phi) is 4.97. The van der Waals surface area contributed by atoms with E-state index in [0.717, 1.165) is 12.8 Å². The minimum absolute atomic E-state index is 0.00789. The van der Waals surface area contributed by atoms with Crippen LogP contribution in [-0.4, -0.2) is 36.0 Å². The number of nitrogens with zero attached hydrogens (tertiary/aromatic N) is 2. The minimum atomic E-state index is -3.53. The highest BCUT2D eigenvalue weighted by Gasteiger charge is 2.29. The molecule has 0 aromatic carbocycles. The van der Waals surface area contributed by atoms with E-state index in [-0.39, 0.29) is 16.9 Å². The quantitative estimate of drug-likeness (QED) is 0.810. The lowest BCUT2D eigenvalue weighted by Crippen LogP contribution is -2.36. The van der Waals surface area contributed by atoms with Crippen molar-refractivity contribution in [2.75, 3.05) is 7.05 Å². The third-order valence-electron chi connectivity index (χ3n) is 2.92. The lowest BCUT2D eigenvalue weighted by molar-refractivity contribution is 0.348. The van der Waals surface area contributed by atoms with E-state index in [0.29, 0.717) is 5.56 Å². The first-order valence-corrected chi connectivity index (χ1v) is 7.52. The summed E-state index contributed by atoms with van der Waals surface area (Å²) in [4.78, 5) is 0. The first-order chi connectivity index (χ1) is 7.98. The van der Waals surface area contributed by atoms with Crippen LogP contribution < -0.4 is 0 Å². The second-order valence-electron chi connectivity index (χ2n) is 3.85. The highest BCUT2D eigenvalue weighted by molar-refractivity contribution is 7.89. The van der Waals surface area contributed by atoms with Gasteiger partial charge in [-0.05, 0) is 12.8 Å². The second-order valence-corrected chi connectivity index (χ2v) is 6.05. The van der Waals surface area contributed by atoms with Crippen LogP contribution in [0.3, 0.4) is 0 Å². The van der Waals surface area contributed by atoms with Gasteiger partial charge in [0, 0.05) is 18.7 Å². The fourth-order valence-electron chi connectivity index (χ4n) is 1.76. The molecule has 1 aromatic heterocycles. The van der Waals surface area contributed by atoms with Gasteiger partial charge in [-0.15, -0.1) is 11.6 Å².